The average Bonchev–Trinajstić information content (AvgIpc) is 2.69. The van der Waals surface area contributed by atoms with Gasteiger partial charge in [0, 0.05) is 6.04 Å². The quantitative estimate of drug-likeness (QED) is 0.563. The zero-order chi connectivity index (χ0) is 13.7. The van der Waals surface area contributed by atoms with Gasteiger partial charge in [0.2, 0.25) is 5.91 Å². The first-order chi connectivity index (χ1) is 8.51. The molecule has 104 valence electrons. The second-order valence-electron chi connectivity index (χ2n) is 4.95. The molecule has 0 bridgehead atoms. The van der Waals surface area contributed by atoms with Gasteiger partial charge in [0.05, 0.1) is 6.61 Å². The van der Waals surface area contributed by atoms with Crippen LogP contribution in [0, 0.1) is 11.8 Å². The Morgan fingerprint density at radius 3 is 2.56 bits per heavy atom. The highest BCUT2D eigenvalue weighted by molar-refractivity contribution is 6.01. The fourth-order valence-electron chi connectivity index (χ4n) is 2.64. The van der Waals surface area contributed by atoms with E-state index in [0.29, 0.717) is 11.8 Å². The maximum Gasteiger partial charge on any atom is 0.332 e. The number of ether oxygens (including phenoxy) is 1. The van der Waals surface area contributed by atoms with Gasteiger partial charge < -0.3 is 15.8 Å². The van der Waals surface area contributed by atoms with Crippen molar-refractivity contribution < 1.29 is 14.3 Å². The van der Waals surface area contributed by atoms with Gasteiger partial charge in [-0.3, -0.25) is 4.79 Å². The Bertz CT molecular complexity index is 307. The third-order valence-electron chi connectivity index (χ3n) is 3.90. The second kappa shape index (κ2) is 6.73. The van der Waals surface area contributed by atoms with Gasteiger partial charge in [-0.05, 0) is 31.6 Å². The lowest BCUT2D eigenvalue weighted by Gasteiger charge is -2.22. The highest BCUT2D eigenvalue weighted by Gasteiger charge is 2.34. The average molecular weight is 256 g/mol. The van der Waals surface area contributed by atoms with Crippen LogP contribution in [0.3, 0.4) is 0 Å². The lowest BCUT2D eigenvalue weighted by molar-refractivity contribution is -0.148. The van der Waals surface area contributed by atoms with Crippen LogP contribution in [0.5, 0.6) is 0 Å². The standard InChI is InChI=1S/C13H24N2O3/c1-4-9-6-7-10(8(9)3)15-12(16)11(14)13(17)18-5-2/h8-11H,4-7,14H2,1-3H3,(H,15,16). The number of esters is 1. The minimum absolute atomic E-state index is 0.128. The van der Waals surface area contributed by atoms with Gasteiger partial charge in [0.1, 0.15) is 0 Å². The largest absolute Gasteiger partial charge is 0.464 e. The fourth-order valence-corrected chi connectivity index (χ4v) is 2.64. The molecular weight excluding hydrogens is 232 g/mol. The molecule has 4 unspecified atom stereocenters. The summed E-state index contributed by atoms with van der Waals surface area (Å²) >= 11 is 0. The van der Waals surface area contributed by atoms with Crippen LogP contribution in [0.15, 0.2) is 0 Å². The first-order valence-electron chi connectivity index (χ1n) is 6.73. The van der Waals surface area contributed by atoms with E-state index in [9.17, 15) is 9.59 Å². The van der Waals surface area contributed by atoms with Gasteiger partial charge in [0.25, 0.3) is 0 Å². The van der Waals surface area contributed by atoms with Crippen LogP contribution in [-0.2, 0) is 14.3 Å². The third kappa shape index (κ3) is 3.45. The summed E-state index contributed by atoms with van der Waals surface area (Å²) in [6.45, 7) is 6.22. The topological polar surface area (TPSA) is 81.4 Å². The summed E-state index contributed by atoms with van der Waals surface area (Å²) in [6.07, 6.45) is 3.20. The van der Waals surface area contributed by atoms with Crippen molar-refractivity contribution >= 4 is 11.9 Å². The Labute approximate surface area is 108 Å². The van der Waals surface area contributed by atoms with Crippen LogP contribution in [0.4, 0.5) is 0 Å². The van der Waals surface area contributed by atoms with Crippen LogP contribution in [0.2, 0.25) is 0 Å². The van der Waals surface area contributed by atoms with Gasteiger partial charge in [-0.2, -0.15) is 0 Å². The Balaban J connectivity index is 2.48. The predicted octanol–water partition coefficient (Wildman–Crippen LogP) is 0.818. The number of hydrogen-bond acceptors (Lipinski definition) is 4. The number of hydrogen-bond donors (Lipinski definition) is 2. The van der Waals surface area contributed by atoms with Crippen molar-refractivity contribution in [2.24, 2.45) is 17.6 Å². The first-order valence-corrected chi connectivity index (χ1v) is 6.73. The van der Waals surface area contributed by atoms with Crippen LogP contribution in [0.25, 0.3) is 0 Å². The number of nitrogens with two attached hydrogens (primary N) is 1. The second-order valence-corrected chi connectivity index (χ2v) is 4.95. The highest BCUT2D eigenvalue weighted by Crippen LogP contribution is 2.33. The molecule has 0 radical (unpaired) electrons. The molecule has 3 N–H and O–H groups in total. The molecule has 5 nitrogen and oxygen atoms in total. The minimum atomic E-state index is -1.21. The van der Waals surface area contributed by atoms with Crippen molar-refractivity contribution in [1.29, 1.82) is 0 Å². The third-order valence-corrected chi connectivity index (χ3v) is 3.90. The smallest absolute Gasteiger partial charge is 0.332 e. The molecule has 18 heavy (non-hydrogen) atoms. The van der Waals surface area contributed by atoms with E-state index in [1.807, 2.05) is 0 Å². The molecule has 0 spiro atoms. The van der Waals surface area contributed by atoms with Gasteiger partial charge in [-0.1, -0.05) is 20.3 Å². The summed E-state index contributed by atoms with van der Waals surface area (Å²) in [5, 5.41) is 2.87. The van der Waals surface area contributed by atoms with E-state index in [4.69, 9.17) is 10.5 Å². The van der Waals surface area contributed by atoms with E-state index in [1.165, 1.54) is 0 Å². The van der Waals surface area contributed by atoms with Gasteiger partial charge >= 0.3 is 5.97 Å². The fraction of sp³-hybridized carbons (Fsp3) is 0.846. The summed E-state index contributed by atoms with van der Waals surface area (Å²) in [7, 11) is 0. The van der Waals surface area contributed by atoms with Crippen LogP contribution in [0.1, 0.15) is 40.0 Å². The molecule has 0 aliphatic heterocycles. The lowest BCUT2D eigenvalue weighted by Crippen LogP contribution is -2.50. The summed E-state index contributed by atoms with van der Waals surface area (Å²) in [4.78, 5) is 23.2. The SMILES string of the molecule is CCOC(=O)C(N)C(=O)NC1CCC(CC)C1C. The number of carbonyl (C=O) groups excluding carboxylic acids is 2. The zero-order valence-electron chi connectivity index (χ0n) is 11.4. The molecule has 1 rings (SSSR count). The highest BCUT2D eigenvalue weighted by atomic mass is 16.5. The summed E-state index contributed by atoms with van der Waals surface area (Å²) in [6, 6.07) is -1.08. The summed E-state index contributed by atoms with van der Waals surface area (Å²) in [5.41, 5.74) is 5.55. The maximum absolute atomic E-state index is 11.8. The monoisotopic (exact) mass is 256 g/mol. The van der Waals surface area contributed by atoms with E-state index in [-0.39, 0.29) is 12.6 Å². The van der Waals surface area contributed by atoms with E-state index in [0.717, 1.165) is 19.3 Å². The Kier molecular flexibility index (Phi) is 5.59. The van der Waals surface area contributed by atoms with Crippen molar-refractivity contribution in [2.45, 2.75) is 52.1 Å². The number of amides is 1. The minimum Gasteiger partial charge on any atom is -0.464 e. The maximum atomic E-state index is 11.8. The summed E-state index contributed by atoms with van der Waals surface area (Å²) < 4.78 is 4.73. The normalized spacial score (nSPS) is 28.8. The van der Waals surface area contributed by atoms with E-state index < -0.39 is 17.9 Å². The van der Waals surface area contributed by atoms with Crippen molar-refractivity contribution in [2.75, 3.05) is 6.61 Å². The van der Waals surface area contributed by atoms with E-state index in [1.54, 1.807) is 6.92 Å². The van der Waals surface area contributed by atoms with Gasteiger partial charge in [0.15, 0.2) is 6.04 Å². The molecular formula is C13H24N2O3. The molecule has 1 aliphatic rings. The summed E-state index contributed by atoms with van der Waals surface area (Å²) in [5.74, 6) is -0.00259. The molecule has 0 aromatic heterocycles. The van der Waals surface area contributed by atoms with Crippen molar-refractivity contribution in [3.63, 3.8) is 0 Å². The lowest BCUT2D eigenvalue weighted by atomic mass is 9.93. The van der Waals surface area contributed by atoms with Crippen LogP contribution >= 0.6 is 0 Å². The first kappa shape index (κ1) is 15.0. The Morgan fingerprint density at radius 2 is 2.06 bits per heavy atom. The zero-order valence-corrected chi connectivity index (χ0v) is 11.4. The van der Waals surface area contributed by atoms with E-state index in [2.05, 4.69) is 19.2 Å². The van der Waals surface area contributed by atoms with E-state index >= 15 is 0 Å². The van der Waals surface area contributed by atoms with Crippen molar-refractivity contribution in [1.82, 2.24) is 5.32 Å². The molecule has 0 saturated heterocycles. The van der Waals surface area contributed by atoms with Crippen LogP contribution < -0.4 is 11.1 Å². The molecule has 0 heterocycles. The molecule has 1 aliphatic carbocycles. The van der Waals surface area contributed by atoms with Crippen molar-refractivity contribution in [3.05, 3.63) is 0 Å². The Morgan fingerprint density at radius 1 is 1.39 bits per heavy atom. The van der Waals surface area contributed by atoms with Crippen LogP contribution in [-0.4, -0.2) is 30.6 Å². The molecule has 0 aromatic rings. The van der Waals surface area contributed by atoms with Gasteiger partial charge in [-0.25, -0.2) is 4.79 Å². The number of nitrogens with one attached hydrogen (secondary N) is 1. The van der Waals surface area contributed by atoms with Crippen molar-refractivity contribution in [3.8, 4) is 0 Å². The predicted molar refractivity (Wildman–Crippen MR) is 68.7 cm³/mol. The molecule has 1 saturated carbocycles. The van der Waals surface area contributed by atoms with Gasteiger partial charge in [-0.15, -0.1) is 0 Å². The molecule has 1 fully saturated rings. The molecule has 4 atom stereocenters. The molecule has 0 aromatic carbocycles. The Hall–Kier alpha value is -1.10. The molecule has 1 amide bonds. The number of carbonyl (C=O) groups is 2. The number of rotatable bonds is 5. The molecule has 5 heteroatoms.